The standard InChI is InChI=1S/C19H23N3O2/c1-24-17-9-7-15(8-10-17)21-16-11-12-20-18(13-16)19(23)22-14-5-3-2-4-6-14/h7-14H,2-6H2,1H3,(H,20,21)(H,22,23). The maximum Gasteiger partial charge on any atom is 0.270 e. The molecule has 0 bridgehead atoms. The number of hydrogen-bond donors (Lipinski definition) is 2. The highest BCUT2D eigenvalue weighted by atomic mass is 16.5. The molecule has 3 rings (SSSR count). The molecular formula is C19H23N3O2. The van der Waals surface area contributed by atoms with Gasteiger partial charge in [0.2, 0.25) is 0 Å². The SMILES string of the molecule is COc1ccc(Nc2ccnc(C(=O)NC3CCCCC3)c2)cc1. The molecule has 0 spiro atoms. The van der Waals surface area contributed by atoms with Crippen LogP contribution in [-0.4, -0.2) is 24.0 Å². The third-order valence-electron chi connectivity index (χ3n) is 4.31. The van der Waals surface area contributed by atoms with Crippen LogP contribution in [0.4, 0.5) is 11.4 Å². The van der Waals surface area contributed by atoms with Crippen molar-refractivity contribution in [1.29, 1.82) is 0 Å². The van der Waals surface area contributed by atoms with Crippen molar-refractivity contribution in [3.8, 4) is 5.75 Å². The fraction of sp³-hybridized carbons (Fsp3) is 0.368. The van der Waals surface area contributed by atoms with Crippen molar-refractivity contribution in [2.24, 2.45) is 0 Å². The van der Waals surface area contributed by atoms with Crippen LogP contribution in [0.25, 0.3) is 0 Å². The molecule has 1 aromatic carbocycles. The van der Waals surface area contributed by atoms with Crippen LogP contribution in [0.1, 0.15) is 42.6 Å². The average Bonchev–Trinajstić information content (AvgIpc) is 2.63. The number of anilines is 2. The van der Waals surface area contributed by atoms with Crippen LogP contribution in [0.2, 0.25) is 0 Å². The van der Waals surface area contributed by atoms with Crippen LogP contribution >= 0.6 is 0 Å². The van der Waals surface area contributed by atoms with E-state index in [9.17, 15) is 4.79 Å². The van der Waals surface area contributed by atoms with Gasteiger partial charge >= 0.3 is 0 Å². The fourth-order valence-electron chi connectivity index (χ4n) is 2.98. The second-order valence-corrected chi connectivity index (χ2v) is 6.09. The molecule has 1 aliphatic carbocycles. The van der Waals surface area contributed by atoms with Gasteiger partial charge in [-0.25, -0.2) is 0 Å². The van der Waals surface area contributed by atoms with Crippen molar-refractivity contribution in [3.63, 3.8) is 0 Å². The van der Waals surface area contributed by atoms with E-state index in [-0.39, 0.29) is 11.9 Å². The lowest BCUT2D eigenvalue weighted by Gasteiger charge is -2.22. The molecule has 1 fully saturated rings. The number of amides is 1. The molecule has 1 aromatic heterocycles. The molecule has 1 saturated carbocycles. The quantitative estimate of drug-likeness (QED) is 0.875. The third-order valence-corrected chi connectivity index (χ3v) is 4.31. The first-order chi connectivity index (χ1) is 11.7. The van der Waals surface area contributed by atoms with Crippen molar-refractivity contribution in [3.05, 3.63) is 48.3 Å². The normalized spacial score (nSPS) is 14.9. The number of nitrogens with zero attached hydrogens (tertiary/aromatic N) is 1. The number of benzene rings is 1. The Kier molecular flexibility index (Phi) is 5.31. The van der Waals surface area contributed by atoms with Gasteiger partial charge in [-0.15, -0.1) is 0 Å². The molecule has 2 N–H and O–H groups in total. The summed E-state index contributed by atoms with van der Waals surface area (Å²) < 4.78 is 5.15. The molecule has 1 aliphatic rings. The number of ether oxygens (including phenoxy) is 1. The zero-order valence-corrected chi connectivity index (χ0v) is 13.9. The van der Waals surface area contributed by atoms with E-state index in [1.807, 2.05) is 30.3 Å². The van der Waals surface area contributed by atoms with E-state index in [1.54, 1.807) is 19.4 Å². The van der Waals surface area contributed by atoms with Crippen molar-refractivity contribution >= 4 is 17.3 Å². The van der Waals surface area contributed by atoms with Crippen LogP contribution < -0.4 is 15.4 Å². The molecule has 5 nitrogen and oxygen atoms in total. The van der Waals surface area contributed by atoms with Gasteiger partial charge in [-0.1, -0.05) is 19.3 Å². The van der Waals surface area contributed by atoms with Gasteiger partial charge in [-0.05, 0) is 49.2 Å². The van der Waals surface area contributed by atoms with Crippen LogP contribution in [0.15, 0.2) is 42.6 Å². The number of nitrogens with one attached hydrogen (secondary N) is 2. The maximum atomic E-state index is 12.4. The van der Waals surface area contributed by atoms with E-state index in [0.29, 0.717) is 5.69 Å². The summed E-state index contributed by atoms with van der Waals surface area (Å²) in [5.74, 6) is 0.711. The van der Waals surface area contributed by atoms with Crippen molar-refractivity contribution in [2.45, 2.75) is 38.1 Å². The molecule has 0 saturated heterocycles. The summed E-state index contributed by atoms with van der Waals surface area (Å²) in [6.45, 7) is 0. The van der Waals surface area contributed by atoms with Crippen molar-refractivity contribution in [2.75, 3.05) is 12.4 Å². The van der Waals surface area contributed by atoms with Crippen LogP contribution in [0.5, 0.6) is 5.75 Å². The summed E-state index contributed by atoms with van der Waals surface area (Å²) in [5, 5.41) is 6.37. The first-order valence-corrected chi connectivity index (χ1v) is 8.42. The predicted molar refractivity (Wildman–Crippen MR) is 94.9 cm³/mol. The molecule has 2 aromatic rings. The first kappa shape index (κ1) is 16.3. The highest BCUT2D eigenvalue weighted by Gasteiger charge is 2.17. The number of carbonyl (C=O) groups excluding carboxylic acids is 1. The lowest BCUT2D eigenvalue weighted by atomic mass is 9.95. The molecule has 1 heterocycles. The number of hydrogen-bond acceptors (Lipinski definition) is 4. The van der Waals surface area contributed by atoms with Crippen molar-refractivity contribution < 1.29 is 9.53 Å². The highest BCUT2D eigenvalue weighted by molar-refractivity contribution is 5.93. The van der Waals surface area contributed by atoms with E-state index in [2.05, 4.69) is 15.6 Å². The Bertz CT molecular complexity index is 679. The lowest BCUT2D eigenvalue weighted by Crippen LogP contribution is -2.36. The minimum Gasteiger partial charge on any atom is -0.497 e. The van der Waals surface area contributed by atoms with E-state index in [0.717, 1.165) is 30.0 Å². The molecule has 0 atom stereocenters. The number of carbonyl (C=O) groups is 1. The Hall–Kier alpha value is -2.56. The third kappa shape index (κ3) is 4.25. The molecule has 126 valence electrons. The molecular weight excluding hydrogens is 302 g/mol. The second-order valence-electron chi connectivity index (χ2n) is 6.09. The van der Waals surface area contributed by atoms with E-state index < -0.39 is 0 Å². The molecule has 24 heavy (non-hydrogen) atoms. The van der Waals surface area contributed by atoms with Gasteiger partial charge in [0.05, 0.1) is 7.11 Å². The molecule has 1 amide bonds. The van der Waals surface area contributed by atoms with Gasteiger partial charge in [0, 0.05) is 23.6 Å². The molecule has 0 aliphatic heterocycles. The smallest absolute Gasteiger partial charge is 0.270 e. The molecule has 5 heteroatoms. The summed E-state index contributed by atoms with van der Waals surface area (Å²) in [6, 6.07) is 11.6. The average molecular weight is 325 g/mol. The summed E-state index contributed by atoms with van der Waals surface area (Å²) in [6.07, 6.45) is 7.44. The predicted octanol–water partition coefficient (Wildman–Crippen LogP) is 3.90. The van der Waals surface area contributed by atoms with Crippen molar-refractivity contribution in [1.82, 2.24) is 10.3 Å². The zero-order chi connectivity index (χ0) is 16.8. The monoisotopic (exact) mass is 325 g/mol. The Morgan fingerprint density at radius 3 is 2.54 bits per heavy atom. The maximum absolute atomic E-state index is 12.4. The Balaban J connectivity index is 1.65. The Labute approximate surface area is 142 Å². The largest absolute Gasteiger partial charge is 0.497 e. The van der Waals surface area contributed by atoms with Gasteiger partial charge in [0.1, 0.15) is 11.4 Å². The van der Waals surface area contributed by atoms with Gasteiger partial charge in [0.15, 0.2) is 0 Å². The minimum atomic E-state index is -0.0970. The van der Waals surface area contributed by atoms with Gasteiger partial charge in [-0.2, -0.15) is 0 Å². The van der Waals surface area contributed by atoms with Crippen LogP contribution in [0.3, 0.4) is 0 Å². The summed E-state index contributed by atoms with van der Waals surface area (Å²) >= 11 is 0. The van der Waals surface area contributed by atoms with Gasteiger partial charge in [-0.3, -0.25) is 9.78 Å². The fourth-order valence-corrected chi connectivity index (χ4v) is 2.98. The van der Waals surface area contributed by atoms with E-state index in [4.69, 9.17) is 4.74 Å². The summed E-state index contributed by atoms with van der Waals surface area (Å²) in [7, 11) is 1.64. The highest BCUT2D eigenvalue weighted by Crippen LogP contribution is 2.21. The number of rotatable bonds is 5. The van der Waals surface area contributed by atoms with Gasteiger partial charge in [0.25, 0.3) is 5.91 Å². The number of aromatic nitrogens is 1. The summed E-state index contributed by atoms with van der Waals surface area (Å²) in [5.41, 5.74) is 2.21. The lowest BCUT2D eigenvalue weighted by molar-refractivity contribution is 0.0922. The van der Waals surface area contributed by atoms with E-state index >= 15 is 0 Å². The Morgan fingerprint density at radius 1 is 1.08 bits per heavy atom. The van der Waals surface area contributed by atoms with Crippen LogP contribution in [-0.2, 0) is 0 Å². The minimum absolute atomic E-state index is 0.0970. The Morgan fingerprint density at radius 2 is 1.83 bits per heavy atom. The number of pyridine rings is 1. The second kappa shape index (κ2) is 7.81. The molecule has 0 radical (unpaired) electrons. The molecule has 0 unspecified atom stereocenters. The number of methoxy groups -OCH3 is 1. The summed E-state index contributed by atoms with van der Waals surface area (Å²) in [4.78, 5) is 16.6. The topological polar surface area (TPSA) is 63.2 Å². The van der Waals surface area contributed by atoms with Crippen LogP contribution in [0, 0.1) is 0 Å². The first-order valence-electron chi connectivity index (χ1n) is 8.42. The van der Waals surface area contributed by atoms with E-state index in [1.165, 1.54) is 19.3 Å². The van der Waals surface area contributed by atoms with Gasteiger partial charge < -0.3 is 15.4 Å². The zero-order valence-electron chi connectivity index (χ0n) is 13.9.